The lowest BCUT2D eigenvalue weighted by molar-refractivity contribution is -0.154. The lowest BCUT2D eigenvalue weighted by Gasteiger charge is -2.24. The lowest BCUT2D eigenvalue weighted by Crippen LogP contribution is -2.41. The van der Waals surface area contributed by atoms with E-state index in [0.717, 1.165) is 16.7 Å². The molecule has 2 N–H and O–H groups in total. The van der Waals surface area contributed by atoms with Crippen molar-refractivity contribution in [2.75, 3.05) is 6.61 Å². The Morgan fingerprint density at radius 2 is 1.20 bits per heavy atom. The van der Waals surface area contributed by atoms with Gasteiger partial charge in [0.15, 0.2) is 17.6 Å². The number of esters is 1. The molecule has 0 aromatic heterocycles. The Morgan fingerprint density at radius 1 is 0.683 bits per heavy atom. The van der Waals surface area contributed by atoms with E-state index in [-0.39, 0.29) is 19.8 Å². The Balaban J connectivity index is 1.58. The van der Waals surface area contributed by atoms with E-state index in [4.69, 9.17) is 18.9 Å². The summed E-state index contributed by atoms with van der Waals surface area (Å²) >= 11 is 0. The number of aliphatic hydroxyl groups excluding tert-OH is 1. The number of carbonyl (C=O) groups excluding carboxylic acids is 2. The Morgan fingerprint density at radius 3 is 1.73 bits per heavy atom. The van der Waals surface area contributed by atoms with Crippen LogP contribution in [0.5, 0.6) is 11.5 Å². The predicted octanol–water partition coefficient (Wildman–Crippen LogP) is 5.74. The number of aliphatic hydroxyl groups is 1. The number of hydrogen-bond donors (Lipinski definition) is 2. The molecule has 4 aromatic carbocycles. The van der Waals surface area contributed by atoms with Gasteiger partial charge in [0.1, 0.15) is 19.8 Å². The molecule has 0 radical (unpaired) electrons. The first-order valence-corrected chi connectivity index (χ1v) is 13.3. The van der Waals surface area contributed by atoms with Gasteiger partial charge in [-0.05, 0) is 41.3 Å². The highest BCUT2D eigenvalue weighted by Crippen LogP contribution is 2.33. The summed E-state index contributed by atoms with van der Waals surface area (Å²) in [7, 11) is 0. The molecular weight excluding hydrogens is 522 g/mol. The number of hydrogen-bond acceptors (Lipinski definition) is 7. The largest absolute Gasteiger partial charge is 0.485 e. The van der Waals surface area contributed by atoms with E-state index >= 15 is 0 Å². The molecule has 1 amide bonds. The third-order valence-electron chi connectivity index (χ3n) is 6.13. The van der Waals surface area contributed by atoms with Gasteiger partial charge in [0, 0.05) is 0 Å². The van der Waals surface area contributed by atoms with Crippen molar-refractivity contribution in [1.82, 2.24) is 5.32 Å². The van der Waals surface area contributed by atoms with Crippen LogP contribution in [0.25, 0.3) is 0 Å². The molecule has 0 fully saturated rings. The van der Waals surface area contributed by atoms with Crippen molar-refractivity contribution in [1.29, 1.82) is 0 Å². The molecule has 0 aliphatic carbocycles. The van der Waals surface area contributed by atoms with Crippen LogP contribution in [-0.4, -0.2) is 29.9 Å². The lowest BCUT2D eigenvalue weighted by atomic mass is 10.0. The van der Waals surface area contributed by atoms with Gasteiger partial charge in [-0.15, -0.1) is 0 Å². The second-order valence-corrected chi connectivity index (χ2v) is 9.14. The minimum absolute atomic E-state index is 0.0204. The van der Waals surface area contributed by atoms with E-state index in [1.54, 1.807) is 25.1 Å². The number of amides is 1. The van der Waals surface area contributed by atoms with Crippen LogP contribution in [0.3, 0.4) is 0 Å². The fraction of sp³-hybridized carbons (Fsp3) is 0.212. The highest BCUT2D eigenvalue weighted by atomic mass is 16.6. The monoisotopic (exact) mass is 555 g/mol. The van der Waals surface area contributed by atoms with Crippen LogP contribution in [-0.2, 0) is 34.1 Å². The van der Waals surface area contributed by atoms with Crippen LogP contribution >= 0.6 is 0 Å². The zero-order valence-electron chi connectivity index (χ0n) is 22.8. The molecule has 0 aliphatic rings. The predicted molar refractivity (Wildman–Crippen MR) is 153 cm³/mol. The standard InChI is InChI=1S/C33H33NO7/c1-2-38-32(36)31(35)30(34-33(37)41-23-26-16-10-5-11-17-26)27-18-19-28(39-21-24-12-6-3-7-13-24)29(20-27)40-22-25-14-8-4-9-15-25/h3-20,30-31,35H,2,21-23H2,1H3,(H,34,37)/t30-,31+/m1/s1. The van der Waals surface area contributed by atoms with E-state index in [2.05, 4.69) is 5.32 Å². The minimum atomic E-state index is -1.70. The van der Waals surface area contributed by atoms with E-state index < -0.39 is 24.2 Å². The number of benzene rings is 4. The topological polar surface area (TPSA) is 103 Å². The van der Waals surface area contributed by atoms with Crippen LogP contribution in [0, 0.1) is 0 Å². The highest BCUT2D eigenvalue weighted by Gasteiger charge is 2.31. The fourth-order valence-electron chi connectivity index (χ4n) is 4.02. The molecule has 8 heteroatoms. The number of rotatable bonds is 13. The summed E-state index contributed by atoms with van der Waals surface area (Å²) in [5.74, 6) is -0.0376. The van der Waals surface area contributed by atoms with Crippen LogP contribution in [0.2, 0.25) is 0 Å². The maximum absolute atomic E-state index is 12.8. The van der Waals surface area contributed by atoms with Gasteiger partial charge < -0.3 is 29.4 Å². The second kappa shape index (κ2) is 15.1. The van der Waals surface area contributed by atoms with Crippen LogP contribution in [0.1, 0.15) is 35.2 Å². The van der Waals surface area contributed by atoms with Crippen molar-refractivity contribution in [3.63, 3.8) is 0 Å². The van der Waals surface area contributed by atoms with E-state index in [9.17, 15) is 14.7 Å². The summed E-state index contributed by atoms with van der Waals surface area (Å²) in [4.78, 5) is 25.3. The molecule has 212 valence electrons. The molecule has 0 heterocycles. The fourth-order valence-corrected chi connectivity index (χ4v) is 4.02. The molecule has 2 atom stereocenters. The summed E-state index contributed by atoms with van der Waals surface area (Å²) in [6.07, 6.45) is -2.50. The van der Waals surface area contributed by atoms with Crippen molar-refractivity contribution in [2.45, 2.75) is 38.9 Å². The van der Waals surface area contributed by atoms with Crippen molar-refractivity contribution in [3.8, 4) is 11.5 Å². The van der Waals surface area contributed by atoms with Crippen molar-refractivity contribution in [2.24, 2.45) is 0 Å². The maximum Gasteiger partial charge on any atom is 0.408 e. The van der Waals surface area contributed by atoms with Gasteiger partial charge in [-0.25, -0.2) is 9.59 Å². The first-order valence-electron chi connectivity index (χ1n) is 13.3. The maximum atomic E-state index is 12.8. The third kappa shape index (κ3) is 8.84. The van der Waals surface area contributed by atoms with Gasteiger partial charge in [-0.3, -0.25) is 0 Å². The summed E-state index contributed by atoms with van der Waals surface area (Å²) in [5, 5.41) is 13.5. The SMILES string of the molecule is CCOC(=O)[C@@H](O)[C@H](NC(=O)OCc1ccccc1)c1ccc(OCc2ccccc2)c(OCc2ccccc2)c1. The van der Waals surface area contributed by atoms with Crippen molar-refractivity contribution < 1.29 is 33.6 Å². The zero-order valence-corrected chi connectivity index (χ0v) is 22.8. The van der Waals surface area contributed by atoms with Gasteiger partial charge in [-0.2, -0.15) is 0 Å². The zero-order chi connectivity index (χ0) is 28.9. The molecular formula is C33H33NO7. The van der Waals surface area contributed by atoms with Gasteiger partial charge in [0.2, 0.25) is 0 Å². The molecule has 0 saturated carbocycles. The minimum Gasteiger partial charge on any atom is -0.485 e. The number of alkyl carbamates (subject to hydrolysis) is 1. The average molecular weight is 556 g/mol. The van der Waals surface area contributed by atoms with E-state index in [1.807, 2.05) is 91.0 Å². The Kier molecular flexibility index (Phi) is 10.7. The first-order chi connectivity index (χ1) is 20.0. The summed E-state index contributed by atoms with van der Waals surface area (Å²) in [6, 6.07) is 32.3. The van der Waals surface area contributed by atoms with Gasteiger partial charge in [-0.1, -0.05) is 97.1 Å². The quantitative estimate of drug-likeness (QED) is 0.203. The number of carbonyl (C=O) groups is 2. The molecule has 0 unspecified atom stereocenters. The second-order valence-electron chi connectivity index (χ2n) is 9.14. The number of nitrogens with one attached hydrogen (secondary N) is 1. The Labute approximate surface area is 239 Å². The smallest absolute Gasteiger partial charge is 0.408 e. The molecule has 0 bridgehead atoms. The van der Waals surface area contributed by atoms with Crippen molar-refractivity contribution >= 4 is 12.1 Å². The van der Waals surface area contributed by atoms with Crippen LogP contribution in [0.15, 0.2) is 109 Å². The normalized spacial score (nSPS) is 12.0. The molecule has 4 rings (SSSR count). The first kappa shape index (κ1) is 29.2. The molecule has 0 saturated heterocycles. The molecule has 4 aromatic rings. The molecule has 8 nitrogen and oxygen atoms in total. The summed E-state index contributed by atoms with van der Waals surface area (Å²) in [6.45, 7) is 2.28. The van der Waals surface area contributed by atoms with Gasteiger partial charge in [0.05, 0.1) is 12.6 Å². The van der Waals surface area contributed by atoms with E-state index in [1.165, 1.54) is 0 Å². The Bertz CT molecular complexity index is 1380. The average Bonchev–Trinajstić information content (AvgIpc) is 3.02. The molecule has 0 spiro atoms. The van der Waals surface area contributed by atoms with Crippen LogP contribution in [0.4, 0.5) is 4.79 Å². The molecule has 0 aliphatic heterocycles. The van der Waals surface area contributed by atoms with Crippen molar-refractivity contribution in [3.05, 3.63) is 131 Å². The summed E-state index contributed by atoms with van der Waals surface area (Å²) in [5.41, 5.74) is 3.11. The van der Waals surface area contributed by atoms with Crippen LogP contribution < -0.4 is 14.8 Å². The number of ether oxygens (including phenoxy) is 4. The van der Waals surface area contributed by atoms with E-state index in [0.29, 0.717) is 23.7 Å². The highest BCUT2D eigenvalue weighted by molar-refractivity contribution is 5.77. The third-order valence-corrected chi connectivity index (χ3v) is 6.13. The van der Waals surface area contributed by atoms with Gasteiger partial charge in [0.25, 0.3) is 0 Å². The molecule has 41 heavy (non-hydrogen) atoms. The van der Waals surface area contributed by atoms with Gasteiger partial charge >= 0.3 is 12.1 Å². The summed E-state index contributed by atoms with van der Waals surface area (Å²) < 4.78 is 22.6. The Hall–Kier alpha value is -4.82.